The third-order valence-corrected chi connectivity index (χ3v) is 3.75. The molecule has 0 spiro atoms. The largest absolute Gasteiger partial charge is 0.365 e. The van der Waals surface area contributed by atoms with Crippen molar-refractivity contribution in [1.29, 1.82) is 0 Å². The van der Waals surface area contributed by atoms with E-state index in [0.717, 1.165) is 16.9 Å². The summed E-state index contributed by atoms with van der Waals surface area (Å²) in [6, 6.07) is 7.92. The van der Waals surface area contributed by atoms with Crippen LogP contribution >= 0.6 is 0 Å². The summed E-state index contributed by atoms with van der Waals surface area (Å²) < 4.78 is 0. The lowest BCUT2D eigenvalue weighted by molar-refractivity contribution is 0.101. The highest BCUT2D eigenvalue weighted by atomic mass is 16.1. The van der Waals surface area contributed by atoms with Crippen LogP contribution in [0.1, 0.15) is 30.1 Å². The number of Topliss-reactive ketones (excluding diaryl/α,β-unsaturated/α-hetero) is 1. The fraction of sp³-hybridized carbons (Fsp3) is 0.250. The van der Waals surface area contributed by atoms with Gasteiger partial charge in [-0.25, -0.2) is 15.0 Å². The summed E-state index contributed by atoms with van der Waals surface area (Å²) in [7, 11) is 0. The zero-order chi connectivity index (χ0) is 15.1. The Morgan fingerprint density at radius 2 is 2.18 bits per heavy atom. The number of nitrogens with one attached hydrogen (secondary N) is 2. The summed E-state index contributed by atoms with van der Waals surface area (Å²) in [5.74, 6) is 1.51. The molecule has 0 radical (unpaired) electrons. The van der Waals surface area contributed by atoms with Crippen molar-refractivity contribution in [2.45, 2.75) is 25.8 Å². The number of benzene rings is 1. The molecule has 110 valence electrons. The predicted octanol–water partition coefficient (Wildman–Crippen LogP) is 2.80. The summed E-state index contributed by atoms with van der Waals surface area (Å²) in [5, 5.41) is 3.38. The van der Waals surface area contributed by atoms with Crippen LogP contribution in [0.5, 0.6) is 0 Å². The number of imidazole rings is 1. The summed E-state index contributed by atoms with van der Waals surface area (Å²) in [6.07, 6.45) is 3.87. The number of carbonyl (C=O) groups excluding carboxylic acids is 1. The van der Waals surface area contributed by atoms with Gasteiger partial charge in [0.2, 0.25) is 0 Å². The van der Waals surface area contributed by atoms with Gasteiger partial charge in [0.25, 0.3) is 0 Å². The van der Waals surface area contributed by atoms with Gasteiger partial charge in [-0.15, -0.1) is 0 Å². The second-order valence-corrected chi connectivity index (χ2v) is 5.56. The molecular weight excluding hydrogens is 278 g/mol. The molecular formula is C16H15N5O. The number of anilines is 1. The van der Waals surface area contributed by atoms with Gasteiger partial charge < -0.3 is 10.3 Å². The number of hydrogen-bond donors (Lipinski definition) is 2. The number of hydrogen-bond acceptors (Lipinski definition) is 5. The Hall–Kier alpha value is -2.76. The Morgan fingerprint density at radius 1 is 1.32 bits per heavy atom. The Morgan fingerprint density at radius 3 is 2.95 bits per heavy atom. The number of carbonyl (C=O) groups is 1. The van der Waals surface area contributed by atoms with E-state index in [2.05, 4.69) is 25.3 Å². The molecule has 1 aromatic carbocycles. The smallest absolute Gasteiger partial charge is 0.183 e. The molecule has 1 saturated carbocycles. The van der Waals surface area contributed by atoms with E-state index in [9.17, 15) is 4.79 Å². The first-order valence-corrected chi connectivity index (χ1v) is 7.29. The van der Waals surface area contributed by atoms with Gasteiger partial charge in [0.1, 0.15) is 17.7 Å². The third-order valence-electron chi connectivity index (χ3n) is 3.75. The minimum absolute atomic E-state index is 0.0360. The maximum absolute atomic E-state index is 11.5. The quantitative estimate of drug-likeness (QED) is 0.723. The van der Waals surface area contributed by atoms with Crippen LogP contribution in [0, 0.1) is 0 Å². The number of aromatic nitrogens is 4. The first kappa shape index (κ1) is 12.9. The number of H-pyrrole nitrogens is 1. The van der Waals surface area contributed by atoms with E-state index in [1.165, 1.54) is 19.2 Å². The van der Waals surface area contributed by atoms with Gasteiger partial charge in [-0.2, -0.15) is 0 Å². The van der Waals surface area contributed by atoms with Crippen molar-refractivity contribution < 1.29 is 4.79 Å². The Kier molecular flexibility index (Phi) is 2.89. The van der Waals surface area contributed by atoms with Crippen LogP contribution in [0.3, 0.4) is 0 Å². The molecule has 3 aromatic rings. The molecule has 2 heterocycles. The van der Waals surface area contributed by atoms with E-state index >= 15 is 0 Å². The molecule has 0 amide bonds. The van der Waals surface area contributed by atoms with Gasteiger partial charge >= 0.3 is 0 Å². The molecule has 0 unspecified atom stereocenters. The summed E-state index contributed by atoms with van der Waals surface area (Å²) in [5.41, 5.74) is 2.96. The Balaban J connectivity index is 1.78. The molecule has 22 heavy (non-hydrogen) atoms. The first-order valence-electron chi connectivity index (χ1n) is 7.29. The summed E-state index contributed by atoms with van der Waals surface area (Å²) >= 11 is 0. The van der Waals surface area contributed by atoms with Crippen molar-refractivity contribution in [2.75, 3.05) is 5.32 Å². The van der Waals surface area contributed by atoms with Gasteiger partial charge in [-0.3, -0.25) is 4.79 Å². The van der Waals surface area contributed by atoms with Crippen LogP contribution in [0.4, 0.5) is 5.82 Å². The minimum Gasteiger partial charge on any atom is -0.365 e. The van der Waals surface area contributed by atoms with E-state index < -0.39 is 0 Å². The highest BCUT2D eigenvalue weighted by Crippen LogP contribution is 2.28. The van der Waals surface area contributed by atoms with E-state index in [-0.39, 0.29) is 5.78 Å². The molecule has 6 heteroatoms. The van der Waals surface area contributed by atoms with Gasteiger partial charge in [-0.1, -0.05) is 18.2 Å². The number of aromatic amines is 1. The average Bonchev–Trinajstić information content (AvgIpc) is 3.23. The molecule has 0 atom stereocenters. The average molecular weight is 293 g/mol. The lowest BCUT2D eigenvalue weighted by Gasteiger charge is -2.02. The SMILES string of the molecule is CC(=O)c1cccc(-c2nc3ncnc(NC4CC4)c3[nH]2)c1. The molecule has 1 aliphatic rings. The normalized spacial score (nSPS) is 14.2. The minimum atomic E-state index is 0.0360. The third kappa shape index (κ3) is 2.32. The van der Waals surface area contributed by atoms with Gasteiger partial charge in [0, 0.05) is 17.2 Å². The fourth-order valence-corrected chi connectivity index (χ4v) is 2.38. The molecule has 6 nitrogen and oxygen atoms in total. The first-order chi connectivity index (χ1) is 10.7. The monoisotopic (exact) mass is 293 g/mol. The molecule has 0 bridgehead atoms. The molecule has 1 fully saturated rings. The Bertz CT molecular complexity index is 866. The van der Waals surface area contributed by atoms with Crippen LogP contribution < -0.4 is 5.32 Å². The molecule has 2 N–H and O–H groups in total. The van der Waals surface area contributed by atoms with Crippen molar-refractivity contribution in [1.82, 2.24) is 19.9 Å². The van der Waals surface area contributed by atoms with Crippen molar-refractivity contribution in [3.63, 3.8) is 0 Å². The number of fused-ring (bicyclic) bond motifs is 1. The van der Waals surface area contributed by atoms with E-state index in [1.54, 1.807) is 13.0 Å². The molecule has 2 aromatic heterocycles. The summed E-state index contributed by atoms with van der Waals surface area (Å²) in [6.45, 7) is 1.56. The number of ketones is 1. The van der Waals surface area contributed by atoms with Crippen molar-refractivity contribution in [2.24, 2.45) is 0 Å². The van der Waals surface area contributed by atoms with Crippen LogP contribution in [0.25, 0.3) is 22.6 Å². The second kappa shape index (κ2) is 4.91. The van der Waals surface area contributed by atoms with Gasteiger partial charge in [0.15, 0.2) is 17.2 Å². The molecule has 4 rings (SSSR count). The molecule has 0 saturated heterocycles. The number of nitrogens with zero attached hydrogens (tertiary/aromatic N) is 3. The predicted molar refractivity (Wildman–Crippen MR) is 83.8 cm³/mol. The van der Waals surface area contributed by atoms with Crippen molar-refractivity contribution >= 4 is 22.8 Å². The lowest BCUT2D eigenvalue weighted by Crippen LogP contribution is -2.03. The zero-order valence-corrected chi connectivity index (χ0v) is 12.1. The van der Waals surface area contributed by atoms with E-state index in [1.807, 2.05) is 18.2 Å². The van der Waals surface area contributed by atoms with Gasteiger partial charge in [0.05, 0.1) is 0 Å². The van der Waals surface area contributed by atoms with Crippen LogP contribution in [-0.2, 0) is 0 Å². The maximum Gasteiger partial charge on any atom is 0.183 e. The maximum atomic E-state index is 11.5. The van der Waals surface area contributed by atoms with Crippen molar-refractivity contribution in [3.05, 3.63) is 36.2 Å². The molecule has 1 aliphatic carbocycles. The zero-order valence-electron chi connectivity index (χ0n) is 12.1. The molecule has 0 aliphatic heterocycles. The van der Waals surface area contributed by atoms with Crippen LogP contribution in [0.2, 0.25) is 0 Å². The van der Waals surface area contributed by atoms with E-state index in [0.29, 0.717) is 23.1 Å². The second-order valence-electron chi connectivity index (χ2n) is 5.56. The van der Waals surface area contributed by atoms with Crippen LogP contribution in [0.15, 0.2) is 30.6 Å². The van der Waals surface area contributed by atoms with Gasteiger partial charge in [-0.05, 0) is 25.8 Å². The fourth-order valence-electron chi connectivity index (χ4n) is 2.38. The van der Waals surface area contributed by atoms with E-state index in [4.69, 9.17) is 0 Å². The standard InChI is InChI=1S/C16H15N5O/c1-9(22)10-3-2-4-11(7-10)14-20-13-15(19-12-5-6-12)17-8-18-16(13)21-14/h2-4,7-8,12H,5-6H2,1H3,(H2,17,18,19,20,21). The topological polar surface area (TPSA) is 83.6 Å². The van der Waals surface area contributed by atoms with Crippen molar-refractivity contribution in [3.8, 4) is 11.4 Å². The number of rotatable bonds is 4. The highest BCUT2D eigenvalue weighted by molar-refractivity contribution is 5.95. The lowest BCUT2D eigenvalue weighted by atomic mass is 10.1. The van der Waals surface area contributed by atoms with Crippen LogP contribution in [-0.4, -0.2) is 31.8 Å². The summed E-state index contributed by atoms with van der Waals surface area (Å²) in [4.78, 5) is 27.8. The Labute approximate surface area is 127 Å². The highest BCUT2D eigenvalue weighted by Gasteiger charge is 2.23.